The Kier molecular flexibility index (Phi) is 8.17. The predicted molar refractivity (Wildman–Crippen MR) is 103 cm³/mol. The van der Waals surface area contributed by atoms with Crippen LogP contribution in [0.15, 0.2) is 48.5 Å². The molecule has 28 heavy (non-hydrogen) atoms. The third kappa shape index (κ3) is 6.18. The van der Waals surface area contributed by atoms with Crippen molar-refractivity contribution in [1.29, 1.82) is 0 Å². The van der Waals surface area contributed by atoms with E-state index in [1.165, 1.54) is 0 Å². The minimum Gasteiger partial charge on any atom is -0.290 e. The largest absolute Gasteiger partial charge is 0.373 e. The molecule has 2 aromatic rings. The highest BCUT2D eigenvalue weighted by Crippen LogP contribution is 2.14. The van der Waals surface area contributed by atoms with Gasteiger partial charge in [-0.3, -0.25) is 9.78 Å². The van der Waals surface area contributed by atoms with Gasteiger partial charge in [0.2, 0.25) is 6.29 Å². The Morgan fingerprint density at radius 3 is 1.36 bits per heavy atom. The number of hydrogen-bond acceptors (Lipinski definition) is 6. The Hall–Kier alpha value is -2.70. The number of carbonyl (C=O) groups is 2. The van der Waals surface area contributed by atoms with E-state index in [1.807, 2.05) is 38.1 Å². The van der Waals surface area contributed by atoms with Crippen LogP contribution in [0.3, 0.4) is 0 Å². The topological polar surface area (TPSA) is 71.1 Å². The number of rotatable bonds is 9. The van der Waals surface area contributed by atoms with Crippen LogP contribution in [0.2, 0.25) is 0 Å². The molecule has 0 radical (unpaired) electrons. The zero-order valence-corrected chi connectivity index (χ0v) is 16.6. The quantitative estimate of drug-likeness (QED) is 0.354. The summed E-state index contributed by atoms with van der Waals surface area (Å²) in [6, 6.07) is 14.0. The number of carbonyl (C=O) groups excluding carboxylic acids is 2. The van der Waals surface area contributed by atoms with Crippen molar-refractivity contribution in [2.24, 2.45) is 5.92 Å². The number of aryl methyl sites for hydroxylation is 2. The molecule has 0 bridgehead atoms. The summed E-state index contributed by atoms with van der Waals surface area (Å²) in [6.07, 6.45) is 0.696. The summed E-state index contributed by atoms with van der Waals surface area (Å²) in [5.41, 5.74) is 2.93. The highest BCUT2D eigenvalue weighted by molar-refractivity contribution is 5.89. The maximum absolute atomic E-state index is 12.1. The summed E-state index contributed by atoms with van der Waals surface area (Å²) in [4.78, 5) is 43.9. The molecule has 0 aliphatic carbocycles. The molecule has 0 aromatic heterocycles. The third-order valence-corrected chi connectivity index (χ3v) is 4.18. The fraction of sp³-hybridized carbons (Fsp3) is 0.364. The highest BCUT2D eigenvalue weighted by Gasteiger charge is 2.23. The second-order valence-electron chi connectivity index (χ2n) is 6.65. The summed E-state index contributed by atoms with van der Waals surface area (Å²) < 4.78 is 0. The monoisotopic (exact) mass is 386 g/mol. The summed E-state index contributed by atoms with van der Waals surface area (Å²) >= 11 is 0. The van der Waals surface area contributed by atoms with Gasteiger partial charge in [-0.1, -0.05) is 52.0 Å². The van der Waals surface area contributed by atoms with Crippen molar-refractivity contribution in [3.63, 3.8) is 0 Å². The lowest BCUT2D eigenvalue weighted by molar-refractivity contribution is -0.430. The van der Waals surface area contributed by atoms with Crippen LogP contribution in [0.4, 0.5) is 0 Å². The molecule has 0 aliphatic rings. The van der Waals surface area contributed by atoms with Gasteiger partial charge in [-0.15, -0.1) is 9.78 Å². The highest BCUT2D eigenvalue weighted by atomic mass is 17.3. The molecule has 2 rings (SSSR count). The maximum atomic E-state index is 12.1. The second-order valence-corrected chi connectivity index (χ2v) is 6.65. The van der Waals surface area contributed by atoms with Crippen LogP contribution < -0.4 is 0 Å². The van der Waals surface area contributed by atoms with Crippen molar-refractivity contribution in [3.8, 4) is 0 Å². The normalized spacial score (nSPS) is 10.9. The SMILES string of the molecule is CCc1ccc(C(=O)OOC(OOC(=O)c2ccc(CC)cc2)C(C)C)cc1. The van der Waals surface area contributed by atoms with Crippen molar-refractivity contribution in [2.75, 3.05) is 0 Å². The van der Waals surface area contributed by atoms with Crippen molar-refractivity contribution in [1.82, 2.24) is 0 Å². The summed E-state index contributed by atoms with van der Waals surface area (Å²) in [7, 11) is 0. The molecule has 6 heteroatoms. The molecule has 150 valence electrons. The van der Waals surface area contributed by atoms with Crippen molar-refractivity contribution < 1.29 is 29.1 Å². The summed E-state index contributed by atoms with van der Waals surface area (Å²) in [5, 5.41) is 0. The summed E-state index contributed by atoms with van der Waals surface area (Å²) in [5.74, 6) is -1.54. The van der Waals surface area contributed by atoms with E-state index in [0.717, 1.165) is 24.0 Å². The molecule has 0 N–H and O–H groups in total. The van der Waals surface area contributed by atoms with Gasteiger partial charge in [-0.2, -0.15) is 0 Å². The van der Waals surface area contributed by atoms with Crippen molar-refractivity contribution in [2.45, 2.75) is 46.8 Å². The van der Waals surface area contributed by atoms with Crippen LogP contribution >= 0.6 is 0 Å². The molecule has 0 saturated carbocycles. The molecule has 0 aliphatic heterocycles. The van der Waals surface area contributed by atoms with E-state index in [2.05, 4.69) is 0 Å². The first kappa shape index (κ1) is 21.6. The lowest BCUT2D eigenvalue weighted by Gasteiger charge is -2.18. The minimum atomic E-state index is -1.06. The zero-order valence-electron chi connectivity index (χ0n) is 16.6. The molecule has 0 spiro atoms. The fourth-order valence-electron chi connectivity index (χ4n) is 2.27. The molecular formula is C22H26O6. The molecule has 0 saturated heterocycles. The average molecular weight is 386 g/mol. The Bertz CT molecular complexity index is 701. The first-order valence-electron chi connectivity index (χ1n) is 9.37. The predicted octanol–water partition coefficient (Wildman–Crippen LogP) is 4.67. The average Bonchev–Trinajstić information content (AvgIpc) is 2.73. The van der Waals surface area contributed by atoms with E-state index in [0.29, 0.717) is 11.1 Å². The smallest absolute Gasteiger partial charge is 0.290 e. The van der Waals surface area contributed by atoms with Gasteiger partial charge in [0.15, 0.2) is 0 Å². The molecule has 0 fully saturated rings. The first-order valence-corrected chi connectivity index (χ1v) is 9.37. The third-order valence-electron chi connectivity index (χ3n) is 4.18. The van der Waals surface area contributed by atoms with Crippen LogP contribution in [0.5, 0.6) is 0 Å². The molecule has 0 atom stereocenters. The molecule has 6 nitrogen and oxygen atoms in total. The van der Waals surface area contributed by atoms with E-state index in [1.54, 1.807) is 38.1 Å². The van der Waals surface area contributed by atoms with Gasteiger partial charge >= 0.3 is 11.9 Å². The number of benzene rings is 2. The second kappa shape index (κ2) is 10.6. The van der Waals surface area contributed by atoms with Gasteiger partial charge in [-0.05, 0) is 48.2 Å². The lowest BCUT2D eigenvalue weighted by atomic mass is 10.1. The van der Waals surface area contributed by atoms with Gasteiger partial charge in [0.1, 0.15) is 0 Å². The van der Waals surface area contributed by atoms with E-state index < -0.39 is 18.2 Å². The maximum Gasteiger partial charge on any atom is 0.373 e. The summed E-state index contributed by atoms with van der Waals surface area (Å²) in [6.45, 7) is 7.61. The van der Waals surface area contributed by atoms with Gasteiger partial charge in [0, 0.05) is 5.92 Å². The van der Waals surface area contributed by atoms with Gasteiger partial charge < -0.3 is 0 Å². The standard InChI is InChI=1S/C22H26O6/c1-5-16-7-11-18(12-8-16)20(23)25-27-22(15(3)4)28-26-21(24)19-13-9-17(6-2)10-14-19/h7-15,22H,5-6H2,1-4H3. The Morgan fingerprint density at radius 1 is 0.714 bits per heavy atom. The van der Waals surface area contributed by atoms with Gasteiger partial charge in [-0.25, -0.2) is 9.59 Å². The van der Waals surface area contributed by atoms with Crippen molar-refractivity contribution >= 4 is 11.9 Å². The zero-order chi connectivity index (χ0) is 20.5. The van der Waals surface area contributed by atoms with Crippen LogP contribution in [0, 0.1) is 5.92 Å². The molecule has 2 aromatic carbocycles. The van der Waals surface area contributed by atoms with Crippen LogP contribution in [0.1, 0.15) is 59.5 Å². The minimum absolute atomic E-state index is 0.231. The number of hydrogen-bond donors (Lipinski definition) is 0. The van der Waals surface area contributed by atoms with Crippen LogP contribution in [-0.4, -0.2) is 18.2 Å². The molecule has 0 unspecified atom stereocenters. The van der Waals surface area contributed by atoms with Gasteiger partial charge in [0.05, 0.1) is 11.1 Å². The van der Waals surface area contributed by atoms with E-state index in [9.17, 15) is 9.59 Å². The van der Waals surface area contributed by atoms with E-state index >= 15 is 0 Å². The van der Waals surface area contributed by atoms with E-state index in [-0.39, 0.29) is 5.92 Å². The Labute approximate surface area is 165 Å². The van der Waals surface area contributed by atoms with Crippen LogP contribution in [0.25, 0.3) is 0 Å². The lowest BCUT2D eigenvalue weighted by Crippen LogP contribution is -2.26. The Morgan fingerprint density at radius 2 is 1.07 bits per heavy atom. The van der Waals surface area contributed by atoms with Crippen molar-refractivity contribution in [3.05, 3.63) is 70.8 Å². The van der Waals surface area contributed by atoms with E-state index in [4.69, 9.17) is 19.6 Å². The Balaban J connectivity index is 1.87. The first-order chi connectivity index (χ1) is 13.4. The molecule has 0 heterocycles. The molecular weight excluding hydrogens is 360 g/mol. The van der Waals surface area contributed by atoms with Gasteiger partial charge in [0.25, 0.3) is 0 Å². The van der Waals surface area contributed by atoms with Crippen LogP contribution in [-0.2, 0) is 32.4 Å². The fourth-order valence-corrected chi connectivity index (χ4v) is 2.27. The molecule has 0 amide bonds.